The highest BCUT2D eigenvalue weighted by atomic mass is 35.5. The van der Waals surface area contributed by atoms with Crippen molar-refractivity contribution in [3.63, 3.8) is 0 Å². The summed E-state index contributed by atoms with van der Waals surface area (Å²) in [4.78, 5) is 0. The van der Waals surface area contributed by atoms with Crippen LogP contribution in [-0.4, -0.2) is 6.67 Å². The molecule has 0 aliphatic rings. The van der Waals surface area contributed by atoms with Gasteiger partial charge >= 0.3 is 6.18 Å². The number of hydrogen-bond donors (Lipinski definition) is 1. The van der Waals surface area contributed by atoms with Crippen LogP contribution in [0.4, 0.5) is 22.0 Å². The van der Waals surface area contributed by atoms with Crippen LogP contribution < -0.4 is 5.73 Å². The van der Waals surface area contributed by atoms with Crippen molar-refractivity contribution in [2.75, 3.05) is 6.67 Å². The lowest BCUT2D eigenvalue weighted by molar-refractivity contribution is -0.140. The monoisotopic (exact) mass is 261 g/mol. The van der Waals surface area contributed by atoms with Crippen LogP contribution in [0.3, 0.4) is 0 Å². The molecule has 0 heterocycles. The summed E-state index contributed by atoms with van der Waals surface area (Å²) >= 11 is 0. The summed E-state index contributed by atoms with van der Waals surface area (Å²) < 4.78 is 61.4. The number of nitrogens with two attached hydrogens (primary N) is 1. The van der Waals surface area contributed by atoms with Gasteiger partial charge in [-0.25, -0.2) is 8.78 Å². The third kappa shape index (κ3) is 3.31. The topological polar surface area (TPSA) is 26.0 Å². The van der Waals surface area contributed by atoms with Gasteiger partial charge in [0.2, 0.25) is 0 Å². The Morgan fingerprint density at radius 3 is 2.19 bits per heavy atom. The molecule has 0 saturated carbocycles. The van der Waals surface area contributed by atoms with E-state index in [1.807, 2.05) is 0 Å². The van der Waals surface area contributed by atoms with E-state index in [1.54, 1.807) is 0 Å². The average Bonchev–Trinajstić information content (AvgIpc) is 2.14. The zero-order valence-electron chi connectivity index (χ0n) is 7.89. The molecule has 1 nitrogen and oxygen atoms in total. The largest absolute Gasteiger partial charge is 0.419 e. The van der Waals surface area contributed by atoms with Gasteiger partial charge in [0.15, 0.2) is 0 Å². The van der Waals surface area contributed by atoms with Crippen LogP contribution in [0.25, 0.3) is 0 Å². The molecule has 7 heteroatoms. The molecule has 0 aliphatic carbocycles. The maximum Gasteiger partial charge on any atom is 0.419 e. The highest BCUT2D eigenvalue weighted by molar-refractivity contribution is 5.85. The third-order valence-electron chi connectivity index (χ3n) is 1.89. The molecule has 0 unspecified atom stereocenters. The minimum absolute atomic E-state index is 0. The lowest BCUT2D eigenvalue weighted by Gasteiger charge is -2.11. The van der Waals surface area contributed by atoms with Gasteiger partial charge < -0.3 is 5.73 Å². The van der Waals surface area contributed by atoms with Crippen LogP contribution in [0.5, 0.6) is 0 Å². The molecule has 0 saturated heterocycles. The van der Waals surface area contributed by atoms with E-state index in [1.165, 1.54) is 0 Å². The zero-order valence-corrected chi connectivity index (χ0v) is 8.71. The number of rotatable bonds is 2. The minimum Gasteiger partial charge on any atom is -0.322 e. The quantitative estimate of drug-likeness (QED) is 0.813. The molecule has 1 aromatic carbocycles. The van der Waals surface area contributed by atoms with Gasteiger partial charge in [-0.3, -0.25) is 0 Å². The second-order valence-electron chi connectivity index (χ2n) is 3.00. The van der Waals surface area contributed by atoms with Crippen molar-refractivity contribution >= 4 is 12.4 Å². The molecule has 92 valence electrons. The Morgan fingerprint density at radius 1 is 1.25 bits per heavy atom. The molecule has 0 bridgehead atoms. The molecular formula is C9H9ClF5N. The molecule has 2 N–H and O–H groups in total. The van der Waals surface area contributed by atoms with E-state index in [4.69, 9.17) is 5.73 Å². The molecule has 0 spiro atoms. The molecular weight excluding hydrogens is 253 g/mol. The summed E-state index contributed by atoms with van der Waals surface area (Å²) in [5.74, 6) is -1.44. The molecule has 0 radical (unpaired) electrons. The predicted molar refractivity (Wildman–Crippen MR) is 51.6 cm³/mol. The summed E-state index contributed by atoms with van der Waals surface area (Å²) in [6.07, 6.45) is -4.75. The van der Waals surface area contributed by atoms with Crippen LogP contribution in [0.1, 0.15) is 17.2 Å². The summed E-state index contributed by atoms with van der Waals surface area (Å²) in [6.45, 7) is -0.954. The first-order chi connectivity index (χ1) is 6.86. The van der Waals surface area contributed by atoms with Crippen molar-refractivity contribution in [2.24, 2.45) is 5.73 Å². The average molecular weight is 262 g/mol. The zero-order chi connectivity index (χ0) is 11.6. The van der Waals surface area contributed by atoms with E-state index < -0.39 is 30.3 Å². The minimum atomic E-state index is -4.75. The van der Waals surface area contributed by atoms with Gasteiger partial charge in [0.1, 0.15) is 12.5 Å². The van der Waals surface area contributed by atoms with E-state index in [0.29, 0.717) is 12.1 Å². The van der Waals surface area contributed by atoms with Crippen molar-refractivity contribution in [1.82, 2.24) is 0 Å². The third-order valence-corrected chi connectivity index (χ3v) is 1.89. The Bertz CT molecular complexity index is 352. The highest BCUT2D eigenvalue weighted by Gasteiger charge is 2.34. The summed E-state index contributed by atoms with van der Waals surface area (Å²) in [5, 5.41) is 0. The molecule has 0 aromatic heterocycles. The molecule has 0 fully saturated rings. The van der Waals surface area contributed by atoms with Crippen LogP contribution in [-0.2, 0) is 6.18 Å². The lowest BCUT2D eigenvalue weighted by Crippen LogP contribution is -2.14. The van der Waals surface area contributed by atoms with Crippen molar-refractivity contribution in [2.45, 2.75) is 12.2 Å². The van der Waals surface area contributed by atoms with Gasteiger partial charge in [-0.15, -0.1) is 12.4 Å². The van der Waals surface area contributed by atoms with Crippen molar-refractivity contribution in [3.05, 3.63) is 35.1 Å². The summed E-state index contributed by atoms with van der Waals surface area (Å²) in [6, 6.07) is 1.03. The molecule has 0 aliphatic heterocycles. The Morgan fingerprint density at radius 2 is 1.81 bits per heavy atom. The maximum absolute atomic E-state index is 12.9. The molecule has 0 amide bonds. The standard InChI is InChI=1S/C9H8F5N.ClH/c10-4-8(15)5-1-2-6(7(11)3-5)9(12,13)14;/h1-3,8H,4,15H2;1H/t8-;/m1./s1. The lowest BCUT2D eigenvalue weighted by atomic mass is 10.1. The van der Waals surface area contributed by atoms with Crippen LogP contribution in [0.2, 0.25) is 0 Å². The maximum atomic E-state index is 12.9. The Kier molecular flexibility index (Phi) is 5.15. The van der Waals surface area contributed by atoms with Gasteiger partial charge in [0.05, 0.1) is 11.6 Å². The highest BCUT2D eigenvalue weighted by Crippen LogP contribution is 2.32. The second kappa shape index (κ2) is 5.45. The number of alkyl halides is 4. The van der Waals surface area contributed by atoms with E-state index in [9.17, 15) is 22.0 Å². The first-order valence-electron chi connectivity index (χ1n) is 4.04. The first kappa shape index (κ1) is 15.1. The van der Waals surface area contributed by atoms with Gasteiger partial charge in [0, 0.05) is 0 Å². The van der Waals surface area contributed by atoms with Gasteiger partial charge in [-0.1, -0.05) is 6.07 Å². The molecule has 1 atom stereocenters. The van der Waals surface area contributed by atoms with Crippen molar-refractivity contribution in [1.29, 1.82) is 0 Å². The second-order valence-corrected chi connectivity index (χ2v) is 3.00. The van der Waals surface area contributed by atoms with Crippen LogP contribution in [0.15, 0.2) is 18.2 Å². The van der Waals surface area contributed by atoms with Gasteiger partial charge in [-0.05, 0) is 17.7 Å². The molecule has 16 heavy (non-hydrogen) atoms. The fraction of sp³-hybridized carbons (Fsp3) is 0.333. The van der Waals surface area contributed by atoms with Crippen molar-refractivity contribution < 1.29 is 22.0 Å². The Hall–Kier alpha value is -0.880. The van der Waals surface area contributed by atoms with E-state index in [2.05, 4.69) is 0 Å². The first-order valence-corrected chi connectivity index (χ1v) is 4.04. The van der Waals surface area contributed by atoms with Gasteiger partial charge in [0.25, 0.3) is 0 Å². The van der Waals surface area contributed by atoms with Crippen LogP contribution >= 0.6 is 12.4 Å². The van der Waals surface area contributed by atoms with Crippen LogP contribution in [0, 0.1) is 5.82 Å². The van der Waals surface area contributed by atoms with Gasteiger partial charge in [-0.2, -0.15) is 13.2 Å². The van der Waals surface area contributed by atoms with E-state index in [0.717, 1.165) is 6.07 Å². The molecule has 1 aromatic rings. The predicted octanol–water partition coefficient (Wildman–Crippen LogP) is 3.24. The number of hydrogen-bond acceptors (Lipinski definition) is 1. The number of halogens is 6. The molecule has 1 rings (SSSR count). The van der Waals surface area contributed by atoms with Crippen molar-refractivity contribution in [3.8, 4) is 0 Å². The fourth-order valence-corrected chi connectivity index (χ4v) is 1.08. The van der Waals surface area contributed by atoms with E-state index in [-0.39, 0.29) is 18.0 Å². The number of benzene rings is 1. The van der Waals surface area contributed by atoms with E-state index >= 15 is 0 Å². The normalized spacial score (nSPS) is 13.1. The smallest absolute Gasteiger partial charge is 0.322 e. The summed E-state index contributed by atoms with van der Waals surface area (Å²) in [7, 11) is 0. The Labute approximate surface area is 94.8 Å². The SMILES string of the molecule is Cl.N[C@H](CF)c1ccc(C(F)(F)F)c(F)c1. The Balaban J connectivity index is 0.00000225. The summed E-state index contributed by atoms with van der Waals surface area (Å²) in [5.41, 5.74) is 3.82. The fourth-order valence-electron chi connectivity index (χ4n) is 1.08.